The Hall–Kier alpha value is -1.88. The summed E-state index contributed by atoms with van der Waals surface area (Å²) < 4.78 is 26.0. The topological polar surface area (TPSA) is 61.1 Å². The Labute approximate surface area is 125 Å². The van der Waals surface area contributed by atoms with Crippen LogP contribution in [-0.2, 0) is 9.84 Å². The van der Waals surface area contributed by atoms with Gasteiger partial charge in [-0.3, -0.25) is 0 Å². The van der Waals surface area contributed by atoms with Gasteiger partial charge in [-0.05, 0) is 44.9 Å². The predicted octanol–water partition coefficient (Wildman–Crippen LogP) is 2.78. The van der Waals surface area contributed by atoms with Crippen molar-refractivity contribution in [2.75, 3.05) is 0 Å². The summed E-state index contributed by atoms with van der Waals surface area (Å²) in [5, 5.41) is 11.0. The summed E-state index contributed by atoms with van der Waals surface area (Å²) in [6.07, 6.45) is 1.22. The second kappa shape index (κ2) is 5.48. The highest BCUT2D eigenvalue weighted by atomic mass is 32.2. The molecule has 0 N–H and O–H groups in total. The van der Waals surface area contributed by atoms with E-state index in [9.17, 15) is 13.6 Å². The van der Waals surface area contributed by atoms with Crippen molar-refractivity contribution < 1.29 is 13.1 Å². The quantitative estimate of drug-likeness (QED) is 0.647. The lowest BCUT2D eigenvalue weighted by atomic mass is 10.0. The third-order valence-corrected chi connectivity index (χ3v) is 5.93. The van der Waals surface area contributed by atoms with Crippen molar-refractivity contribution in [2.24, 2.45) is 0 Å². The standard InChI is InChI=1S/C16H19NO3S/c1-11-7-8-15(13(3)10-11)14(4)21(19,20)16-12(2)6-5-9-17(16)18/h5-10,14H,1-4H3. The molecule has 4 nitrogen and oxygen atoms in total. The molecule has 0 aliphatic rings. The van der Waals surface area contributed by atoms with Crippen LogP contribution in [0.3, 0.4) is 0 Å². The van der Waals surface area contributed by atoms with Crippen molar-refractivity contribution in [3.63, 3.8) is 0 Å². The van der Waals surface area contributed by atoms with Gasteiger partial charge in [0.05, 0.1) is 5.25 Å². The number of hydrogen-bond acceptors (Lipinski definition) is 3. The molecule has 1 aromatic carbocycles. The van der Waals surface area contributed by atoms with Gasteiger partial charge >= 0.3 is 5.03 Å². The molecule has 0 aliphatic carbocycles. The molecule has 0 aliphatic heterocycles. The number of hydrogen-bond donors (Lipinski definition) is 0. The minimum atomic E-state index is -3.74. The first-order valence-corrected chi connectivity index (χ1v) is 8.29. The second-order valence-corrected chi connectivity index (χ2v) is 7.55. The number of aryl methyl sites for hydroxylation is 3. The Bertz CT molecular complexity index is 762. The number of sulfone groups is 1. The van der Waals surface area contributed by atoms with E-state index < -0.39 is 15.1 Å². The molecule has 0 spiro atoms. The number of pyridine rings is 1. The summed E-state index contributed by atoms with van der Waals surface area (Å²) in [5.74, 6) is 0. The first-order chi connectivity index (χ1) is 9.75. The molecule has 2 rings (SSSR count). The Morgan fingerprint density at radius 2 is 1.76 bits per heavy atom. The third kappa shape index (κ3) is 2.78. The predicted molar refractivity (Wildman–Crippen MR) is 81.7 cm³/mol. The summed E-state index contributed by atoms with van der Waals surface area (Å²) in [4.78, 5) is 0. The number of aromatic nitrogens is 1. The first kappa shape index (κ1) is 15.5. The lowest BCUT2D eigenvalue weighted by Crippen LogP contribution is -2.36. The van der Waals surface area contributed by atoms with E-state index in [1.807, 2.05) is 32.0 Å². The highest BCUT2D eigenvalue weighted by Gasteiger charge is 2.34. The zero-order chi connectivity index (χ0) is 15.8. The van der Waals surface area contributed by atoms with Crippen LogP contribution in [0.25, 0.3) is 0 Å². The Kier molecular flexibility index (Phi) is 4.05. The third-order valence-electron chi connectivity index (χ3n) is 3.70. The molecule has 1 atom stereocenters. The highest BCUT2D eigenvalue weighted by Crippen LogP contribution is 2.30. The molecule has 0 radical (unpaired) electrons. The van der Waals surface area contributed by atoms with E-state index in [1.165, 1.54) is 6.20 Å². The van der Waals surface area contributed by atoms with Crippen LogP contribution in [-0.4, -0.2) is 8.42 Å². The number of benzene rings is 1. The van der Waals surface area contributed by atoms with Gasteiger partial charge in [0.15, 0.2) is 6.20 Å². The molecule has 0 fully saturated rings. The monoisotopic (exact) mass is 305 g/mol. The lowest BCUT2D eigenvalue weighted by molar-refractivity contribution is -0.647. The summed E-state index contributed by atoms with van der Waals surface area (Å²) in [6, 6.07) is 8.83. The molecule has 0 saturated carbocycles. The van der Waals surface area contributed by atoms with Crippen LogP contribution >= 0.6 is 0 Å². The molecule has 1 heterocycles. The summed E-state index contributed by atoms with van der Waals surface area (Å²) >= 11 is 0. The summed E-state index contributed by atoms with van der Waals surface area (Å²) in [6.45, 7) is 7.11. The molecular weight excluding hydrogens is 286 g/mol. The lowest BCUT2D eigenvalue weighted by Gasteiger charge is -2.16. The van der Waals surface area contributed by atoms with E-state index in [1.54, 1.807) is 26.0 Å². The maximum absolute atomic E-state index is 12.8. The van der Waals surface area contributed by atoms with Crippen molar-refractivity contribution in [3.8, 4) is 0 Å². The van der Waals surface area contributed by atoms with E-state index in [0.29, 0.717) is 10.3 Å². The van der Waals surface area contributed by atoms with Crippen LogP contribution in [0.1, 0.15) is 34.4 Å². The summed E-state index contributed by atoms with van der Waals surface area (Å²) in [5.41, 5.74) is 3.18. The molecular formula is C16H19NO3S. The van der Waals surface area contributed by atoms with Crippen LogP contribution < -0.4 is 4.73 Å². The zero-order valence-electron chi connectivity index (χ0n) is 12.6. The molecule has 1 unspecified atom stereocenters. The average molecular weight is 305 g/mol. The van der Waals surface area contributed by atoms with E-state index in [0.717, 1.165) is 16.7 Å². The van der Waals surface area contributed by atoms with Gasteiger partial charge in [-0.2, -0.15) is 4.73 Å². The van der Waals surface area contributed by atoms with Gasteiger partial charge in [0, 0.05) is 11.6 Å². The average Bonchev–Trinajstić information content (AvgIpc) is 2.37. The van der Waals surface area contributed by atoms with Crippen LogP contribution in [0.15, 0.2) is 41.6 Å². The van der Waals surface area contributed by atoms with Gasteiger partial charge < -0.3 is 5.21 Å². The minimum absolute atomic E-state index is 0.169. The smallest absolute Gasteiger partial charge is 0.312 e. The van der Waals surface area contributed by atoms with Gasteiger partial charge in [-0.15, -0.1) is 0 Å². The van der Waals surface area contributed by atoms with Gasteiger partial charge in [0.2, 0.25) is 9.84 Å². The van der Waals surface area contributed by atoms with Crippen LogP contribution in [0.4, 0.5) is 0 Å². The molecule has 112 valence electrons. The first-order valence-electron chi connectivity index (χ1n) is 6.75. The van der Waals surface area contributed by atoms with Gasteiger partial charge in [0.1, 0.15) is 0 Å². The Morgan fingerprint density at radius 1 is 1.10 bits per heavy atom. The van der Waals surface area contributed by atoms with Gasteiger partial charge in [0.25, 0.3) is 0 Å². The molecule has 21 heavy (non-hydrogen) atoms. The van der Waals surface area contributed by atoms with Crippen LogP contribution in [0, 0.1) is 26.0 Å². The normalized spacial score (nSPS) is 13.1. The zero-order valence-corrected chi connectivity index (χ0v) is 13.4. The Morgan fingerprint density at radius 3 is 2.33 bits per heavy atom. The second-order valence-electron chi connectivity index (χ2n) is 5.37. The number of rotatable bonds is 3. The summed E-state index contributed by atoms with van der Waals surface area (Å²) in [7, 11) is -3.74. The fourth-order valence-corrected chi connectivity index (χ4v) is 4.31. The maximum Gasteiger partial charge on any atom is 0.312 e. The van der Waals surface area contributed by atoms with Crippen molar-refractivity contribution in [1.82, 2.24) is 0 Å². The minimum Gasteiger partial charge on any atom is -0.618 e. The van der Waals surface area contributed by atoms with Crippen LogP contribution in [0.5, 0.6) is 0 Å². The molecule has 5 heteroatoms. The molecule has 0 saturated heterocycles. The van der Waals surface area contributed by atoms with Crippen molar-refractivity contribution in [3.05, 3.63) is 64.0 Å². The van der Waals surface area contributed by atoms with Crippen molar-refractivity contribution >= 4 is 9.84 Å². The SMILES string of the molecule is Cc1ccc(C(C)S(=O)(=O)c2c(C)ccc[n+]2[O-])c(C)c1. The molecule has 0 amide bonds. The molecule has 0 bridgehead atoms. The van der Waals surface area contributed by atoms with Gasteiger partial charge in [-0.25, -0.2) is 8.42 Å². The molecule has 1 aromatic heterocycles. The fraction of sp³-hybridized carbons (Fsp3) is 0.312. The van der Waals surface area contributed by atoms with E-state index >= 15 is 0 Å². The molecule has 2 aromatic rings. The Balaban J connectivity index is 2.58. The van der Waals surface area contributed by atoms with Gasteiger partial charge in [-0.1, -0.05) is 23.8 Å². The largest absolute Gasteiger partial charge is 0.618 e. The van der Waals surface area contributed by atoms with E-state index in [-0.39, 0.29) is 5.03 Å². The van der Waals surface area contributed by atoms with Crippen LogP contribution in [0.2, 0.25) is 0 Å². The van der Waals surface area contributed by atoms with E-state index in [2.05, 4.69) is 0 Å². The van der Waals surface area contributed by atoms with Crippen molar-refractivity contribution in [1.29, 1.82) is 0 Å². The maximum atomic E-state index is 12.8. The van der Waals surface area contributed by atoms with Crippen molar-refractivity contribution in [2.45, 2.75) is 38.0 Å². The van der Waals surface area contributed by atoms with E-state index in [4.69, 9.17) is 0 Å². The highest BCUT2D eigenvalue weighted by molar-refractivity contribution is 7.91. The number of nitrogens with zero attached hydrogens (tertiary/aromatic N) is 1. The fourth-order valence-electron chi connectivity index (χ4n) is 2.54.